The number of hydrogen-bond acceptors (Lipinski definition) is 5. The summed E-state index contributed by atoms with van der Waals surface area (Å²) in [7, 11) is 1.55. The van der Waals surface area contributed by atoms with Crippen LogP contribution in [0.15, 0.2) is 84.4 Å². The van der Waals surface area contributed by atoms with Gasteiger partial charge < -0.3 is 14.8 Å². The van der Waals surface area contributed by atoms with Gasteiger partial charge in [0.05, 0.1) is 12.7 Å². The summed E-state index contributed by atoms with van der Waals surface area (Å²) in [5.41, 5.74) is 1.56. The molecule has 3 aromatic rings. The molecule has 0 heterocycles. The zero-order chi connectivity index (χ0) is 21.3. The Kier molecular flexibility index (Phi) is 6.59. The summed E-state index contributed by atoms with van der Waals surface area (Å²) in [5.74, 6) is 0.0389. The quantitative estimate of drug-likeness (QED) is 0.287. The fraction of sp³-hybridized carbons (Fsp3) is 0.0417. The first kappa shape index (κ1) is 20.4. The Morgan fingerprint density at radius 3 is 2.13 bits per heavy atom. The normalized spacial score (nSPS) is 10.6. The maximum absolute atomic E-state index is 12.4. The van der Waals surface area contributed by atoms with Crippen LogP contribution in [0.3, 0.4) is 0 Å². The number of nitrogens with zero attached hydrogens (tertiary/aromatic N) is 1. The fourth-order valence-corrected chi connectivity index (χ4v) is 2.56. The number of anilines is 1. The topological polar surface area (TPSA) is 88.4 Å². The molecular weight excluding hydrogens is 380 g/mol. The molecule has 30 heavy (non-hydrogen) atoms. The molecule has 0 bridgehead atoms. The summed E-state index contributed by atoms with van der Waals surface area (Å²) in [6.45, 7) is 0. The highest BCUT2D eigenvalue weighted by molar-refractivity contribution is 6.09. The van der Waals surface area contributed by atoms with Gasteiger partial charge in [0, 0.05) is 5.69 Å². The number of nitrogens with one attached hydrogen (secondary N) is 1. The van der Waals surface area contributed by atoms with Gasteiger partial charge in [0.1, 0.15) is 23.1 Å². The zero-order valence-electron chi connectivity index (χ0n) is 16.2. The molecule has 0 radical (unpaired) electrons. The van der Waals surface area contributed by atoms with Crippen molar-refractivity contribution in [2.75, 3.05) is 12.4 Å². The predicted octanol–water partition coefficient (Wildman–Crippen LogP) is 4.46. The van der Waals surface area contributed by atoms with Gasteiger partial charge in [-0.05, 0) is 60.2 Å². The predicted molar refractivity (Wildman–Crippen MR) is 113 cm³/mol. The molecule has 3 aromatic carbocycles. The third-order valence-corrected chi connectivity index (χ3v) is 4.12. The minimum Gasteiger partial charge on any atom is -0.497 e. The first-order chi connectivity index (χ1) is 14.6. The Balaban J connectivity index is 1.67. The second-order valence-corrected chi connectivity index (χ2v) is 6.18. The van der Waals surface area contributed by atoms with Gasteiger partial charge in [-0.25, -0.2) is 4.79 Å². The van der Waals surface area contributed by atoms with Gasteiger partial charge in [0.2, 0.25) is 0 Å². The molecule has 0 saturated carbocycles. The number of carbonyl (C=O) groups is 2. The second kappa shape index (κ2) is 9.71. The van der Waals surface area contributed by atoms with Crippen LogP contribution in [0.1, 0.15) is 15.9 Å². The molecule has 0 fully saturated rings. The van der Waals surface area contributed by atoms with Crippen LogP contribution in [-0.4, -0.2) is 19.0 Å². The molecule has 0 aliphatic rings. The van der Waals surface area contributed by atoms with Gasteiger partial charge in [-0.2, -0.15) is 5.26 Å². The van der Waals surface area contributed by atoms with E-state index in [4.69, 9.17) is 9.47 Å². The summed E-state index contributed by atoms with van der Waals surface area (Å²) in [6, 6.07) is 23.9. The highest BCUT2D eigenvalue weighted by Gasteiger charge is 2.11. The Hall–Kier alpha value is -4.37. The number of methoxy groups -OCH3 is 1. The van der Waals surface area contributed by atoms with Crippen molar-refractivity contribution in [3.8, 4) is 17.6 Å². The molecule has 3 rings (SSSR count). The van der Waals surface area contributed by atoms with Gasteiger partial charge in [-0.15, -0.1) is 0 Å². The number of nitriles is 1. The molecule has 0 unspecified atom stereocenters. The van der Waals surface area contributed by atoms with Crippen LogP contribution in [0.25, 0.3) is 6.08 Å². The van der Waals surface area contributed by atoms with Crippen molar-refractivity contribution in [2.24, 2.45) is 0 Å². The summed E-state index contributed by atoms with van der Waals surface area (Å²) < 4.78 is 10.4. The lowest BCUT2D eigenvalue weighted by molar-refractivity contribution is -0.112. The van der Waals surface area contributed by atoms with Crippen molar-refractivity contribution < 1.29 is 19.1 Å². The number of esters is 1. The first-order valence-electron chi connectivity index (χ1n) is 9.03. The van der Waals surface area contributed by atoms with E-state index in [9.17, 15) is 14.9 Å². The molecule has 1 N–H and O–H groups in total. The van der Waals surface area contributed by atoms with Crippen LogP contribution in [-0.2, 0) is 4.79 Å². The fourth-order valence-electron chi connectivity index (χ4n) is 2.56. The Morgan fingerprint density at radius 1 is 0.900 bits per heavy atom. The summed E-state index contributed by atoms with van der Waals surface area (Å²) in [4.78, 5) is 24.5. The van der Waals surface area contributed by atoms with Gasteiger partial charge in [0.25, 0.3) is 5.91 Å². The molecule has 0 aliphatic carbocycles. The van der Waals surface area contributed by atoms with Crippen LogP contribution in [0.5, 0.6) is 11.5 Å². The third-order valence-electron chi connectivity index (χ3n) is 4.12. The number of amides is 1. The first-order valence-corrected chi connectivity index (χ1v) is 9.03. The average Bonchev–Trinajstić information content (AvgIpc) is 2.79. The molecule has 0 aromatic heterocycles. The number of ether oxygens (including phenoxy) is 2. The maximum Gasteiger partial charge on any atom is 0.343 e. The van der Waals surface area contributed by atoms with E-state index in [0.29, 0.717) is 28.3 Å². The molecule has 0 spiro atoms. The molecule has 0 saturated heterocycles. The van der Waals surface area contributed by atoms with Crippen molar-refractivity contribution in [1.82, 2.24) is 0 Å². The van der Waals surface area contributed by atoms with E-state index in [2.05, 4.69) is 5.32 Å². The smallest absolute Gasteiger partial charge is 0.343 e. The van der Waals surface area contributed by atoms with Gasteiger partial charge >= 0.3 is 5.97 Å². The molecule has 0 atom stereocenters. The minimum atomic E-state index is -0.526. The van der Waals surface area contributed by atoms with E-state index >= 15 is 0 Å². The zero-order valence-corrected chi connectivity index (χ0v) is 16.2. The lowest BCUT2D eigenvalue weighted by atomic mass is 10.1. The monoisotopic (exact) mass is 398 g/mol. The van der Waals surface area contributed by atoms with Crippen LogP contribution in [0, 0.1) is 11.3 Å². The van der Waals surface area contributed by atoms with E-state index in [-0.39, 0.29) is 5.57 Å². The van der Waals surface area contributed by atoms with Gasteiger partial charge in [0.15, 0.2) is 0 Å². The second-order valence-electron chi connectivity index (χ2n) is 6.18. The SMILES string of the molecule is COc1ccc(NC(=O)C(C#N)=Cc2ccc(OC(=O)c3ccccc3)cc2)cc1. The highest BCUT2D eigenvalue weighted by Crippen LogP contribution is 2.18. The van der Waals surface area contributed by atoms with Crippen LogP contribution in [0.4, 0.5) is 5.69 Å². The molecular formula is C24H18N2O4. The van der Waals surface area contributed by atoms with Crippen molar-refractivity contribution in [2.45, 2.75) is 0 Å². The number of rotatable bonds is 6. The van der Waals surface area contributed by atoms with Crippen molar-refractivity contribution in [3.05, 3.63) is 95.6 Å². The van der Waals surface area contributed by atoms with E-state index in [1.807, 2.05) is 12.1 Å². The molecule has 6 heteroatoms. The molecule has 0 aliphatic heterocycles. The van der Waals surface area contributed by atoms with Crippen molar-refractivity contribution in [1.29, 1.82) is 5.26 Å². The van der Waals surface area contributed by atoms with E-state index in [0.717, 1.165) is 0 Å². The summed E-state index contributed by atoms with van der Waals surface area (Å²) in [5, 5.41) is 12.0. The van der Waals surface area contributed by atoms with Gasteiger partial charge in [-0.3, -0.25) is 4.79 Å². The van der Waals surface area contributed by atoms with Crippen molar-refractivity contribution in [3.63, 3.8) is 0 Å². The van der Waals surface area contributed by atoms with Crippen LogP contribution >= 0.6 is 0 Å². The average molecular weight is 398 g/mol. The number of carbonyl (C=O) groups excluding carboxylic acids is 2. The van der Waals surface area contributed by atoms with E-state index in [1.165, 1.54) is 6.08 Å². The Labute approximate surface area is 174 Å². The Bertz CT molecular complexity index is 1100. The molecule has 1 amide bonds. The number of benzene rings is 3. The highest BCUT2D eigenvalue weighted by atomic mass is 16.5. The van der Waals surface area contributed by atoms with Crippen molar-refractivity contribution >= 4 is 23.6 Å². The summed E-state index contributed by atoms with van der Waals surface area (Å²) >= 11 is 0. The summed E-state index contributed by atoms with van der Waals surface area (Å²) in [6.07, 6.45) is 1.46. The standard InChI is InChI=1S/C24H18N2O4/c1-29-21-13-9-20(10-14-21)26-23(27)19(16-25)15-17-7-11-22(12-8-17)30-24(28)18-5-3-2-4-6-18/h2-15H,1H3,(H,26,27). The molecule has 6 nitrogen and oxygen atoms in total. The van der Waals surface area contributed by atoms with E-state index in [1.54, 1.807) is 79.9 Å². The van der Waals surface area contributed by atoms with Crippen LogP contribution in [0.2, 0.25) is 0 Å². The largest absolute Gasteiger partial charge is 0.497 e. The maximum atomic E-state index is 12.4. The Morgan fingerprint density at radius 2 is 1.53 bits per heavy atom. The van der Waals surface area contributed by atoms with E-state index < -0.39 is 11.9 Å². The van der Waals surface area contributed by atoms with Crippen LogP contribution < -0.4 is 14.8 Å². The third kappa shape index (κ3) is 5.33. The minimum absolute atomic E-state index is 0.0557. The van der Waals surface area contributed by atoms with Gasteiger partial charge in [-0.1, -0.05) is 30.3 Å². The lowest BCUT2D eigenvalue weighted by Gasteiger charge is -2.06. The molecule has 148 valence electrons. The lowest BCUT2D eigenvalue weighted by Crippen LogP contribution is -2.13. The number of hydrogen-bond donors (Lipinski definition) is 1.